The Labute approximate surface area is 87.7 Å². The number of allylic oxidation sites excluding steroid dienone is 2. The van der Waals surface area contributed by atoms with Crippen LogP contribution >= 0.6 is 24.0 Å². The number of carbonyl (C=O) groups is 1. The van der Waals surface area contributed by atoms with Crippen molar-refractivity contribution in [2.45, 2.75) is 13.8 Å². The van der Waals surface area contributed by atoms with E-state index in [0.717, 1.165) is 5.57 Å². The van der Waals surface area contributed by atoms with Gasteiger partial charge in [-0.1, -0.05) is 36.6 Å². The Morgan fingerprint density at radius 2 is 2.38 bits per heavy atom. The van der Waals surface area contributed by atoms with Crippen LogP contribution in [0.15, 0.2) is 23.1 Å². The lowest BCUT2D eigenvalue weighted by Crippen LogP contribution is -2.27. The minimum Gasteiger partial charge on any atom is -0.293 e. The van der Waals surface area contributed by atoms with Crippen LogP contribution in [0.5, 0.6) is 0 Å². The lowest BCUT2D eigenvalue weighted by molar-refractivity contribution is -0.122. The Balaban J connectivity index is 3.04. The highest BCUT2D eigenvalue weighted by atomic mass is 32.2. The van der Waals surface area contributed by atoms with E-state index in [0.29, 0.717) is 15.8 Å². The summed E-state index contributed by atoms with van der Waals surface area (Å²) in [5.74, 6) is 0.00917. The van der Waals surface area contributed by atoms with Crippen LogP contribution in [0, 0.1) is 0 Å². The van der Waals surface area contributed by atoms with Crippen molar-refractivity contribution in [1.82, 2.24) is 4.90 Å². The molecule has 0 saturated carbocycles. The van der Waals surface area contributed by atoms with Gasteiger partial charge in [-0.3, -0.25) is 9.69 Å². The molecule has 1 saturated heterocycles. The number of nitrogens with zero attached hydrogens (tertiary/aromatic N) is 1. The summed E-state index contributed by atoms with van der Waals surface area (Å²) in [5, 5.41) is 0. The van der Waals surface area contributed by atoms with Crippen molar-refractivity contribution < 1.29 is 4.79 Å². The molecule has 4 heteroatoms. The molecule has 0 radical (unpaired) electrons. The molecule has 70 valence electrons. The first kappa shape index (κ1) is 10.5. The predicted octanol–water partition coefficient (Wildman–Crippen LogP) is 2.33. The molecule has 0 bridgehead atoms. The van der Waals surface area contributed by atoms with Gasteiger partial charge in [0.25, 0.3) is 5.91 Å². The van der Waals surface area contributed by atoms with Gasteiger partial charge in [0.2, 0.25) is 0 Å². The monoisotopic (exact) mass is 213 g/mol. The van der Waals surface area contributed by atoms with Gasteiger partial charge in [0.15, 0.2) is 0 Å². The zero-order valence-corrected chi connectivity index (χ0v) is 9.30. The number of hydrogen-bond acceptors (Lipinski definition) is 3. The van der Waals surface area contributed by atoms with Crippen LogP contribution in [0.2, 0.25) is 0 Å². The number of rotatable bonds is 2. The second kappa shape index (κ2) is 4.07. The van der Waals surface area contributed by atoms with Crippen LogP contribution in [-0.4, -0.2) is 21.7 Å². The van der Waals surface area contributed by atoms with Crippen molar-refractivity contribution in [1.29, 1.82) is 0 Å². The molecule has 1 rings (SSSR count). The fourth-order valence-electron chi connectivity index (χ4n) is 1.01. The first-order chi connectivity index (χ1) is 6.11. The molecule has 1 heterocycles. The third-order valence-corrected chi connectivity index (χ3v) is 3.40. The van der Waals surface area contributed by atoms with E-state index in [2.05, 4.69) is 6.58 Å². The summed E-state index contributed by atoms with van der Waals surface area (Å²) in [6.07, 6.45) is 1.68. The van der Waals surface area contributed by atoms with Crippen LogP contribution < -0.4 is 0 Å². The zero-order chi connectivity index (χ0) is 10.0. The van der Waals surface area contributed by atoms with Gasteiger partial charge >= 0.3 is 0 Å². The van der Waals surface area contributed by atoms with Crippen molar-refractivity contribution in [2.24, 2.45) is 0 Å². The van der Waals surface area contributed by atoms with Crippen LogP contribution in [-0.2, 0) is 4.79 Å². The molecule has 1 aliphatic heterocycles. The van der Waals surface area contributed by atoms with E-state index in [4.69, 9.17) is 12.2 Å². The summed E-state index contributed by atoms with van der Waals surface area (Å²) >= 11 is 6.42. The molecule has 0 aromatic carbocycles. The van der Waals surface area contributed by atoms with Gasteiger partial charge in [-0.2, -0.15) is 0 Å². The summed E-state index contributed by atoms with van der Waals surface area (Å²) in [6, 6.07) is 0. The molecule has 2 nitrogen and oxygen atoms in total. The molecule has 0 spiro atoms. The van der Waals surface area contributed by atoms with Crippen molar-refractivity contribution in [3.05, 3.63) is 23.1 Å². The fourth-order valence-corrected chi connectivity index (χ4v) is 2.41. The van der Waals surface area contributed by atoms with Gasteiger partial charge in [-0.25, -0.2) is 0 Å². The summed E-state index contributed by atoms with van der Waals surface area (Å²) in [4.78, 5) is 14.0. The number of amides is 1. The standard InChI is InChI=1S/C9H11NOS2/c1-4-6(3)7-8(11)10(5-2)9(12)13-7/h4H,1,5H2,2-3H3/b7-6-. The Kier molecular flexibility index (Phi) is 3.27. The van der Waals surface area contributed by atoms with Gasteiger partial charge in [0.05, 0.1) is 4.91 Å². The molecule has 0 aromatic heterocycles. The van der Waals surface area contributed by atoms with Gasteiger partial charge in [-0.15, -0.1) is 0 Å². The normalized spacial score (nSPS) is 20.9. The average molecular weight is 213 g/mol. The summed E-state index contributed by atoms with van der Waals surface area (Å²) in [6.45, 7) is 8.05. The first-order valence-electron chi connectivity index (χ1n) is 3.98. The van der Waals surface area contributed by atoms with Crippen molar-refractivity contribution >= 4 is 34.2 Å². The first-order valence-corrected chi connectivity index (χ1v) is 5.21. The second-order valence-corrected chi connectivity index (χ2v) is 4.28. The van der Waals surface area contributed by atoms with E-state index in [-0.39, 0.29) is 5.91 Å². The minimum atomic E-state index is 0.00917. The Hall–Kier alpha value is -0.610. The highest BCUT2D eigenvalue weighted by molar-refractivity contribution is 8.26. The van der Waals surface area contributed by atoms with E-state index in [1.807, 2.05) is 13.8 Å². The Morgan fingerprint density at radius 1 is 1.77 bits per heavy atom. The highest BCUT2D eigenvalue weighted by Gasteiger charge is 2.31. The largest absolute Gasteiger partial charge is 0.293 e. The van der Waals surface area contributed by atoms with Crippen molar-refractivity contribution in [2.75, 3.05) is 6.54 Å². The van der Waals surface area contributed by atoms with E-state index in [9.17, 15) is 4.79 Å². The summed E-state index contributed by atoms with van der Waals surface area (Å²) < 4.78 is 0.642. The molecule has 1 fully saturated rings. The molecule has 0 aliphatic carbocycles. The van der Waals surface area contributed by atoms with E-state index >= 15 is 0 Å². The maximum atomic E-state index is 11.7. The molecule has 0 N–H and O–H groups in total. The van der Waals surface area contributed by atoms with Crippen LogP contribution in [0.3, 0.4) is 0 Å². The van der Waals surface area contributed by atoms with Crippen LogP contribution in [0.1, 0.15) is 13.8 Å². The predicted molar refractivity (Wildman–Crippen MR) is 60.5 cm³/mol. The fraction of sp³-hybridized carbons (Fsp3) is 0.333. The quantitative estimate of drug-likeness (QED) is 0.518. The molecule has 0 unspecified atom stereocenters. The van der Waals surface area contributed by atoms with E-state index in [1.165, 1.54) is 11.8 Å². The van der Waals surface area contributed by atoms with Gasteiger partial charge in [-0.05, 0) is 19.4 Å². The second-order valence-electron chi connectivity index (χ2n) is 2.63. The summed E-state index contributed by atoms with van der Waals surface area (Å²) in [7, 11) is 0. The summed E-state index contributed by atoms with van der Waals surface area (Å²) in [5.41, 5.74) is 0.897. The Morgan fingerprint density at radius 3 is 2.77 bits per heavy atom. The third-order valence-electron chi connectivity index (χ3n) is 1.83. The molecular weight excluding hydrogens is 202 g/mol. The smallest absolute Gasteiger partial charge is 0.266 e. The molecule has 1 aliphatic rings. The van der Waals surface area contributed by atoms with Crippen molar-refractivity contribution in [3.63, 3.8) is 0 Å². The van der Waals surface area contributed by atoms with Crippen LogP contribution in [0.4, 0.5) is 0 Å². The zero-order valence-electron chi connectivity index (χ0n) is 7.66. The molecular formula is C9H11NOS2. The number of likely N-dealkylation sites (N-methyl/N-ethyl adjacent to an activating group) is 1. The van der Waals surface area contributed by atoms with Crippen molar-refractivity contribution in [3.8, 4) is 0 Å². The maximum Gasteiger partial charge on any atom is 0.266 e. The van der Waals surface area contributed by atoms with E-state index < -0.39 is 0 Å². The number of thioether (sulfide) groups is 1. The molecule has 0 aromatic rings. The lowest BCUT2D eigenvalue weighted by Gasteiger charge is -2.09. The maximum absolute atomic E-state index is 11.7. The van der Waals surface area contributed by atoms with Gasteiger partial charge < -0.3 is 0 Å². The van der Waals surface area contributed by atoms with Gasteiger partial charge in [0, 0.05) is 6.54 Å². The Bertz CT molecular complexity index is 307. The molecule has 1 amide bonds. The average Bonchev–Trinajstić information content (AvgIpc) is 2.40. The number of carbonyl (C=O) groups excluding carboxylic acids is 1. The lowest BCUT2D eigenvalue weighted by atomic mass is 10.2. The molecule has 13 heavy (non-hydrogen) atoms. The highest BCUT2D eigenvalue weighted by Crippen LogP contribution is 2.33. The number of hydrogen-bond donors (Lipinski definition) is 0. The SMILES string of the molecule is C=C/C(C)=C1\SC(=S)N(CC)C1=O. The van der Waals surface area contributed by atoms with Crippen LogP contribution in [0.25, 0.3) is 0 Å². The topological polar surface area (TPSA) is 20.3 Å². The van der Waals surface area contributed by atoms with Gasteiger partial charge in [0.1, 0.15) is 4.32 Å². The third kappa shape index (κ3) is 1.84. The molecule has 0 atom stereocenters. The minimum absolute atomic E-state index is 0.00917. The van der Waals surface area contributed by atoms with E-state index in [1.54, 1.807) is 11.0 Å². The number of thiocarbonyl (C=S) groups is 1.